The normalized spacial score (nSPS) is 18.8. The number of halogens is 1. The van der Waals surface area contributed by atoms with Crippen molar-refractivity contribution in [2.75, 3.05) is 25.5 Å². The number of hydrogen-bond acceptors (Lipinski definition) is 3. The van der Waals surface area contributed by atoms with Crippen LogP contribution in [0.15, 0.2) is 30.5 Å². The van der Waals surface area contributed by atoms with Crippen LogP contribution in [0.5, 0.6) is 0 Å². The van der Waals surface area contributed by atoms with Gasteiger partial charge in [-0.2, -0.15) is 0 Å². The molecule has 0 radical (unpaired) electrons. The second kappa shape index (κ2) is 6.20. The van der Waals surface area contributed by atoms with Gasteiger partial charge in [-0.25, -0.2) is 0 Å². The summed E-state index contributed by atoms with van der Waals surface area (Å²) >= 11 is 6.23. The first-order chi connectivity index (χ1) is 10.1. The number of benzene rings is 1. The monoisotopic (exact) mass is 303 g/mol. The number of anilines is 1. The SMILES string of the molecule is CC(Nc1ccc(Cl)c2ncccc12)C1CCN(C)CC1. The second-order valence-corrected chi connectivity index (χ2v) is 6.48. The van der Waals surface area contributed by atoms with E-state index in [2.05, 4.69) is 41.3 Å². The molecule has 3 nitrogen and oxygen atoms in total. The third kappa shape index (κ3) is 3.14. The molecule has 21 heavy (non-hydrogen) atoms. The molecule has 0 amide bonds. The topological polar surface area (TPSA) is 28.2 Å². The van der Waals surface area contributed by atoms with E-state index in [-0.39, 0.29) is 0 Å². The van der Waals surface area contributed by atoms with Gasteiger partial charge in [0.25, 0.3) is 0 Å². The van der Waals surface area contributed by atoms with Crippen molar-refractivity contribution in [2.24, 2.45) is 5.92 Å². The zero-order valence-corrected chi connectivity index (χ0v) is 13.4. The Morgan fingerprint density at radius 1 is 1.29 bits per heavy atom. The molecular formula is C17H22ClN3. The van der Waals surface area contributed by atoms with Crippen molar-refractivity contribution in [3.8, 4) is 0 Å². The predicted molar refractivity (Wildman–Crippen MR) is 90.1 cm³/mol. The van der Waals surface area contributed by atoms with Gasteiger partial charge in [0, 0.05) is 23.3 Å². The van der Waals surface area contributed by atoms with Crippen LogP contribution in [-0.4, -0.2) is 36.1 Å². The van der Waals surface area contributed by atoms with Gasteiger partial charge in [0.05, 0.1) is 10.5 Å². The lowest BCUT2D eigenvalue weighted by atomic mass is 9.90. The van der Waals surface area contributed by atoms with E-state index in [1.165, 1.54) is 25.9 Å². The summed E-state index contributed by atoms with van der Waals surface area (Å²) in [6.45, 7) is 4.67. The van der Waals surface area contributed by atoms with Crippen LogP contribution in [0, 0.1) is 5.92 Å². The van der Waals surface area contributed by atoms with E-state index < -0.39 is 0 Å². The molecule has 2 heterocycles. The van der Waals surface area contributed by atoms with Gasteiger partial charge in [0.15, 0.2) is 0 Å². The summed E-state index contributed by atoms with van der Waals surface area (Å²) in [6, 6.07) is 8.50. The molecule has 2 aromatic rings. The number of nitrogens with one attached hydrogen (secondary N) is 1. The van der Waals surface area contributed by atoms with Gasteiger partial charge in [0.2, 0.25) is 0 Å². The number of likely N-dealkylation sites (tertiary alicyclic amines) is 1. The minimum Gasteiger partial charge on any atom is -0.382 e. The van der Waals surface area contributed by atoms with Crippen LogP contribution < -0.4 is 5.32 Å². The standard InChI is InChI=1S/C17H22ClN3/c1-12(13-7-10-21(2)11-8-13)20-16-6-5-15(18)17-14(16)4-3-9-19-17/h3-6,9,12-13,20H,7-8,10-11H2,1-2H3. The highest BCUT2D eigenvalue weighted by Crippen LogP contribution is 2.30. The Balaban J connectivity index is 1.80. The Bertz CT molecular complexity index is 620. The molecule has 1 saturated heterocycles. The first-order valence-electron chi connectivity index (χ1n) is 7.63. The van der Waals surface area contributed by atoms with Crippen LogP contribution >= 0.6 is 11.6 Å². The molecule has 112 valence electrons. The molecule has 1 atom stereocenters. The van der Waals surface area contributed by atoms with Crippen LogP contribution in [-0.2, 0) is 0 Å². The Morgan fingerprint density at radius 2 is 2.05 bits per heavy atom. The van der Waals surface area contributed by atoms with Crippen molar-refractivity contribution in [3.63, 3.8) is 0 Å². The van der Waals surface area contributed by atoms with Gasteiger partial charge in [-0.05, 0) is 70.1 Å². The third-order valence-corrected chi connectivity index (χ3v) is 4.88. The number of fused-ring (bicyclic) bond motifs is 1. The number of hydrogen-bond donors (Lipinski definition) is 1. The molecule has 4 heteroatoms. The summed E-state index contributed by atoms with van der Waals surface area (Å²) in [5, 5.41) is 5.49. The third-order valence-electron chi connectivity index (χ3n) is 4.57. The maximum atomic E-state index is 6.23. The fourth-order valence-electron chi connectivity index (χ4n) is 3.16. The Morgan fingerprint density at radius 3 is 2.81 bits per heavy atom. The smallest absolute Gasteiger partial charge is 0.0908 e. The molecule has 1 N–H and O–H groups in total. The molecule has 0 spiro atoms. The van der Waals surface area contributed by atoms with E-state index >= 15 is 0 Å². The zero-order chi connectivity index (χ0) is 14.8. The molecule has 3 rings (SSSR count). The fraction of sp³-hybridized carbons (Fsp3) is 0.471. The number of pyridine rings is 1. The second-order valence-electron chi connectivity index (χ2n) is 6.07. The lowest BCUT2D eigenvalue weighted by Crippen LogP contribution is -2.37. The molecule has 1 aliphatic heterocycles. The van der Waals surface area contributed by atoms with Gasteiger partial charge >= 0.3 is 0 Å². The Kier molecular flexibility index (Phi) is 4.32. The van der Waals surface area contributed by atoms with Crippen molar-refractivity contribution in [1.82, 2.24) is 9.88 Å². The van der Waals surface area contributed by atoms with Gasteiger partial charge in [0.1, 0.15) is 0 Å². The fourth-order valence-corrected chi connectivity index (χ4v) is 3.37. The number of aromatic nitrogens is 1. The van der Waals surface area contributed by atoms with Gasteiger partial charge in [-0.1, -0.05) is 11.6 Å². The molecule has 1 aromatic carbocycles. The summed E-state index contributed by atoms with van der Waals surface area (Å²) < 4.78 is 0. The molecule has 1 aromatic heterocycles. The van der Waals surface area contributed by atoms with Gasteiger partial charge in [-0.15, -0.1) is 0 Å². The summed E-state index contributed by atoms with van der Waals surface area (Å²) in [4.78, 5) is 6.80. The van der Waals surface area contributed by atoms with E-state index in [1.54, 1.807) is 6.20 Å². The number of nitrogens with zero attached hydrogens (tertiary/aromatic N) is 2. The van der Waals surface area contributed by atoms with Crippen molar-refractivity contribution < 1.29 is 0 Å². The summed E-state index contributed by atoms with van der Waals surface area (Å²) in [6.07, 6.45) is 4.31. The summed E-state index contributed by atoms with van der Waals surface area (Å²) in [5.74, 6) is 0.726. The highest BCUT2D eigenvalue weighted by molar-refractivity contribution is 6.35. The average Bonchev–Trinajstić information content (AvgIpc) is 2.51. The van der Waals surface area contributed by atoms with Crippen molar-refractivity contribution in [2.45, 2.75) is 25.8 Å². The highest BCUT2D eigenvalue weighted by Gasteiger charge is 2.22. The molecule has 1 unspecified atom stereocenters. The Labute approximate surface area is 131 Å². The zero-order valence-electron chi connectivity index (χ0n) is 12.6. The van der Waals surface area contributed by atoms with Crippen molar-refractivity contribution in [1.29, 1.82) is 0 Å². The van der Waals surface area contributed by atoms with Crippen LogP contribution in [0.3, 0.4) is 0 Å². The summed E-state index contributed by atoms with van der Waals surface area (Å²) in [5.41, 5.74) is 2.01. The van der Waals surface area contributed by atoms with E-state index in [0.717, 1.165) is 22.5 Å². The average molecular weight is 304 g/mol. The van der Waals surface area contributed by atoms with Crippen LogP contribution in [0.4, 0.5) is 5.69 Å². The molecule has 0 saturated carbocycles. The number of rotatable bonds is 3. The van der Waals surface area contributed by atoms with E-state index in [4.69, 9.17) is 11.6 Å². The Hall–Kier alpha value is -1.32. The first kappa shape index (κ1) is 14.6. The van der Waals surface area contributed by atoms with Gasteiger partial charge < -0.3 is 10.2 Å². The van der Waals surface area contributed by atoms with E-state index in [0.29, 0.717) is 11.1 Å². The number of piperidine rings is 1. The maximum absolute atomic E-state index is 6.23. The van der Waals surface area contributed by atoms with Crippen LogP contribution in [0.25, 0.3) is 10.9 Å². The van der Waals surface area contributed by atoms with Crippen molar-refractivity contribution in [3.05, 3.63) is 35.5 Å². The predicted octanol–water partition coefficient (Wildman–Crippen LogP) is 4.03. The molecule has 1 fully saturated rings. The quantitative estimate of drug-likeness (QED) is 0.928. The highest BCUT2D eigenvalue weighted by atomic mass is 35.5. The van der Waals surface area contributed by atoms with Crippen molar-refractivity contribution >= 4 is 28.2 Å². The minimum absolute atomic E-state index is 0.461. The molecule has 1 aliphatic rings. The van der Waals surface area contributed by atoms with Crippen LogP contribution in [0.1, 0.15) is 19.8 Å². The first-order valence-corrected chi connectivity index (χ1v) is 8.01. The van der Waals surface area contributed by atoms with E-state index in [1.807, 2.05) is 12.1 Å². The maximum Gasteiger partial charge on any atom is 0.0908 e. The molecule has 0 bridgehead atoms. The van der Waals surface area contributed by atoms with Crippen LogP contribution in [0.2, 0.25) is 5.02 Å². The van der Waals surface area contributed by atoms with E-state index in [9.17, 15) is 0 Å². The largest absolute Gasteiger partial charge is 0.382 e. The van der Waals surface area contributed by atoms with Gasteiger partial charge in [-0.3, -0.25) is 4.98 Å². The lowest BCUT2D eigenvalue weighted by molar-refractivity contribution is 0.208. The molecule has 0 aliphatic carbocycles. The minimum atomic E-state index is 0.461. The summed E-state index contributed by atoms with van der Waals surface area (Å²) in [7, 11) is 2.20. The molecular weight excluding hydrogens is 282 g/mol. The lowest BCUT2D eigenvalue weighted by Gasteiger charge is -2.33.